The molecule has 1 aromatic carbocycles. The van der Waals surface area contributed by atoms with Crippen LogP contribution in [0.3, 0.4) is 0 Å². The fourth-order valence-corrected chi connectivity index (χ4v) is 3.75. The van der Waals surface area contributed by atoms with Gasteiger partial charge >= 0.3 is 0 Å². The Bertz CT molecular complexity index is 460. The van der Waals surface area contributed by atoms with E-state index >= 15 is 0 Å². The zero-order valence-corrected chi connectivity index (χ0v) is 13.8. The van der Waals surface area contributed by atoms with Crippen molar-refractivity contribution in [2.45, 2.75) is 31.7 Å². The van der Waals surface area contributed by atoms with Crippen molar-refractivity contribution in [3.63, 3.8) is 0 Å². The average Bonchev–Trinajstić information content (AvgIpc) is 3.02. The molecule has 3 nitrogen and oxygen atoms in total. The molecular formula is C16H21IN2O. The second-order valence-electron chi connectivity index (χ2n) is 5.84. The maximum Gasteiger partial charge on any atom is 0.253 e. The summed E-state index contributed by atoms with van der Waals surface area (Å²) < 4.78 is 1.17. The van der Waals surface area contributed by atoms with Crippen LogP contribution in [-0.2, 0) is 0 Å². The number of likely N-dealkylation sites (tertiary alicyclic amines) is 1. The maximum absolute atomic E-state index is 12.4. The minimum absolute atomic E-state index is 0.194. The van der Waals surface area contributed by atoms with Crippen LogP contribution in [0.25, 0.3) is 0 Å². The SMILES string of the molecule is O=C(c1ccc(I)cc1)N1CCC(C2CCCN2)CC1. The van der Waals surface area contributed by atoms with E-state index in [1.807, 2.05) is 29.2 Å². The van der Waals surface area contributed by atoms with Gasteiger partial charge in [0, 0.05) is 28.3 Å². The summed E-state index contributed by atoms with van der Waals surface area (Å²) in [5.41, 5.74) is 0.822. The van der Waals surface area contributed by atoms with Crippen LogP contribution in [0.1, 0.15) is 36.0 Å². The number of carbonyl (C=O) groups excluding carboxylic acids is 1. The summed E-state index contributed by atoms with van der Waals surface area (Å²) in [6.07, 6.45) is 4.92. The third kappa shape index (κ3) is 3.17. The van der Waals surface area contributed by atoms with Gasteiger partial charge in [0.25, 0.3) is 5.91 Å². The second kappa shape index (κ2) is 6.43. The molecule has 0 aliphatic carbocycles. The predicted octanol–water partition coefficient (Wildman–Crippen LogP) is 2.90. The van der Waals surface area contributed by atoms with Crippen molar-refractivity contribution in [1.29, 1.82) is 0 Å². The van der Waals surface area contributed by atoms with Crippen LogP contribution in [0, 0.1) is 9.49 Å². The molecule has 0 saturated carbocycles. The number of hydrogen-bond acceptors (Lipinski definition) is 2. The molecule has 1 aromatic rings. The molecule has 108 valence electrons. The number of hydrogen-bond donors (Lipinski definition) is 1. The lowest BCUT2D eigenvalue weighted by atomic mass is 9.88. The number of amides is 1. The average molecular weight is 384 g/mol. The number of halogens is 1. The third-order valence-electron chi connectivity index (χ3n) is 4.59. The first-order chi connectivity index (χ1) is 9.74. The molecule has 1 unspecified atom stereocenters. The summed E-state index contributed by atoms with van der Waals surface area (Å²) in [6, 6.07) is 8.58. The Morgan fingerprint density at radius 1 is 1.15 bits per heavy atom. The van der Waals surface area contributed by atoms with Crippen LogP contribution < -0.4 is 5.32 Å². The van der Waals surface area contributed by atoms with Crippen molar-refractivity contribution in [3.8, 4) is 0 Å². The molecule has 1 amide bonds. The van der Waals surface area contributed by atoms with Gasteiger partial charge < -0.3 is 10.2 Å². The van der Waals surface area contributed by atoms with E-state index in [1.54, 1.807) is 0 Å². The first kappa shape index (κ1) is 14.3. The fraction of sp³-hybridized carbons (Fsp3) is 0.562. The van der Waals surface area contributed by atoms with Crippen molar-refractivity contribution in [1.82, 2.24) is 10.2 Å². The van der Waals surface area contributed by atoms with Gasteiger partial charge in [0.2, 0.25) is 0 Å². The normalized spacial score (nSPS) is 24.1. The van der Waals surface area contributed by atoms with Gasteiger partial charge in [0.1, 0.15) is 0 Å². The first-order valence-corrected chi connectivity index (χ1v) is 8.60. The number of benzene rings is 1. The van der Waals surface area contributed by atoms with Crippen molar-refractivity contribution in [3.05, 3.63) is 33.4 Å². The monoisotopic (exact) mass is 384 g/mol. The van der Waals surface area contributed by atoms with Crippen LogP contribution in [-0.4, -0.2) is 36.5 Å². The lowest BCUT2D eigenvalue weighted by Gasteiger charge is -2.35. The molecule has 0 aromatic heterocycles. The summed E-state index contributed by atoms with van der Waals surface area (Å²) in [4.78, 5) is 14.5. The Labute approximate surface area is 134 Å². The van der Waals surface area contributed by atoms with Crippen LogP contribution >= 0.6 is 22.6 Å². The molecule has 2 aliphatic rings. The highest BCUT2D eigenvalue weighted by molar-refractivity contribution is 14.1. The Morgan fingerprint density at radius 3 is 2.45 bits per heavy atom. The number of carbonyl (C=O) groups is 1. The van der Waals surface area contributed by atoms with Crippen molar-refractivity contribution < 1.29 is 4.79 Å². The van der Waals surface area contributed by atoms with Gasteiger partial charge in [-0.3, -0.25) is 4.79 Å². The van der Waals surface area contributed by atoms with Gasteiger partial charge in [-0.1, -0.05) is 0 Å². The summed E-state index contributed by atoms with van der Waals surface area (Å²) >= 11 is 2.27. The topological polar surface area (TPSA) is 32.3 Å². The Morgan fingerprint density at radius 2 is 1.85 bits per heavy atom. The first-order valence-electron chi connectivity index (χ1n) is 7.52. The Balaban J connectivity index is 1.57. The molecule has 0 spiro atoms. The molecule has 1 N–H and O–H groups in total. The van der Waals surface area contributed by atoms with Crippen LogP contribution in [0.15, 0.2) is 24.3 Å². The van der Waals surface area contributed by atoms with Gasteiger partial charge in [0.15, 0.2) is 0 Å². The zero-order chi connectivity index (χ0) is 13.9. The largest absolute Gasteiger partial charge is 0.339 e. The van der Waals surface area contributed by atoms with Crippen LogP contribution in [0.2, 0.25) is 0 Å². The maximum atomic E-state index is 12.4. The van der Waals surface area contributed by atoms with Crippen molar-refractivity contribution in [2.24, 2.45) is 5.92 Å². The second-order valence-corrected chi connectivity index (χ2v) is 7.09. The quantitative estimate of drug-likeness (QED) is 0.796. The lowest BCUT2D eigenvalue weighted by molar-refractivity contribution is 0.0674. The molecule has 20 heavy (non-hydrogen) atoms. The predicted molar refractivity (Wildman–Crippen MR) is 88.8 cm³/mol. The van der Waals surface area contributed by atoms with Crippen molar-refractivity contribution >= 4 is 28.5 Å². The fourth-order valence-electron chi connectivity index (χ4n) is 3.39. The van der Waals surface area contributed by atoms with E-state index in [-0.39, 0.29) is 5.91 Å². The Hall–Kier alpha value is -0.620. The molecule has 2 heterocycles. The molecule has 2 aliphatic heterocycles. The standard InChI is InChI=1S/C16H21IN2O/c17-14-5-3-13(4-6-14)16(20)19-10-7-12(8-11-19)15-2-1-9-18-15/h3-6,12,15,18H,1-2,7-11H2. The van der Waals surface area contributed by atoms with E-state index in [9.17, 15) is 4.79 Å². The van der Waals surface area contributed by atoms with Crippen molar-refractivity contribution in [2.75, 3.05) is 19.6 Å². The van der Waals surface area contributed by atoms with Gasteiger partial charge in [-0.25, -0.2) is 0 Å². The number of nitrogens with one attached hydrogen (secondary N) is 1. The van der Waals surface area contributed by atoms with Gasteiger partial charge in [0.05, 0.1) is 0 Å². The molecule has 2 fully saturated rings. The highest BCUT2D eigenvalue weighted by Gasteiger charge is 2.30. The van der Waals surface area contributed by atoms with E-state index in [1.165, 1.54) is 23.0 Å². The number of piperidine rings is 1. The summed E-state index contributed by atoms with van der Waals surface area (Å²) in [6.45, 7) is 2.99. The Kier molecular flexibility index (Phi) is 4.61. The molecule has 3 rings (SSSR count). The third-order valence-corrected chi connectivity index (χ3v) is 5.30. The molecule has 0 radical (unpaired) electrons. The summed E-state index contributed by atoms with van der Waals surface area (Å²) in [5, 5.41) is 3.60. The van der Waals surface area contributed by atoms with E-state index in [2.05, 4.69) is 27.9 Å². The number of rotatable bonds is 2. The van der Waals surface area contributed by atoms with E-state index in [0.717, 1.165) is 37.4 Å². The van der Waals surface area contributed by atoms with Crippen LogP contribution in [0.5, 0.6) is 0 Å². The van der Waals surface area contributed by atoms with Gasteiger partial charge in [-0.05, 0) is 85.0 Å². The summed E-state index contributed by atoms with van der Waals surface area (Å²) in [7, 11) is 0. The smallest absolute Gasteiger partial charge is 0.253 e. The molecular weight excluding hydrogens is 363 g/mol. The molecule has 4 heteroatoms. The van der Waals surface area contributed by atoms with Gasteiger partial charge in [-0.15, -0.1) is 0 Å². The summed E-state index contributed by atoms with van der Waals surface area (Å²) in [5.74, 6) is 0.956. The van der Waals surface area contributed by atoms with E-state index in [4.69, 9.17) is 0 Å². The van der Waals surface area contributed by atoms with E-state index in [0.29, 0.717) is 6.04 Å². The van der Waals surface area contributed by atoms with E-state index < -0.39 is 0 Å². The molecule has 1 atom stereocenters. The minimum atomic E-state index is 0.194. The van der Waals surface area contributed by atoms with Crippen LogP contribution in [0.4, 0.5) is 0 Å². The zero-order valence-electron chi connectivity index (χ0n) is 11.6. The molecule has 0 bridgehead atoms. The number of nitrogens with zero attached hydrogens (tertiary/aromatic N) is 1. The highest BCUT2D eigenvalue weighted by atomic mass is 127. The minimum Gasteiger partial charge on any atom is -0.339 e. The highest BCUT2D eigenvalue weighted by Crippen LogP contribution is 2.26. The van der Waals surface area contributed by atoms with Gasteiger partial charge in [-0.2, -0.15) is 0 Å². The molecule has 2 saturated heterocycles. The lowest BCUT2D eigenvalue weighted by Crippen LogP contribution is -2.43.